The molecule has 0 bridgehead atoms. The summed E-state index contributed by atoms with van der Waals surface area (Å²) in [5, 5.41) is 0. The van der Waals surface area contributed by atoms with Crippen LogP contribution in [0.25, 0.3) is 0 Å². The van der Waals surface area contributed by atoms with Gasteiger partial charge in [0.2, 0.25) is 0 Å². The molecule has 0 N–H and O–H groups in total. The summed E-state index contributed by atoms with van der Waals surface area (Å²) in [5.41, 5.74) is 5.06. The normalized spacial score (nSPS) is 17.6. The van der Waals surface area contributed by atoms with Crippen LogP contribution in [0.3, 0.4) is 0 Å². The summed E-state index contributed by atoms with van der Waals surface area (Å²) in [6.07, 6.45) is 0.247. The predicted molar refractivity (Wildman–Crippen MR) is 79.4 cm³/mol. The summed E-state index contributed by atoms with van der Waals surface area (Å²) in [7, 11) is 0. The summed E-state index contributed by atoms with van der Waals surface area (Å²) >= 11 is 0. The molecule has 2 heteroatoms. The Morgan fingerprint density at radius 3 is 2.30 bits per heavy atom. The smallest absolute Gasteiger partial charge is 0.170 e. The molecule has 102 valence electrons. The van der Waals surface area contributed by atoms with E-state index in [1.807, 2.05) is 38.1 Å². The monoisotopic (exact) mass is 266 g/mol. The first-order valence-electron chi connectivity index (χ1n) is 6.93. The maximum absolute atomic E-state index is 12.4. The molecule has 1 aliphatic rings. The number of hydrogen-bond donors (Lipinski definition) is 0. The molecular formula is C18H18O2. The molecule has 1 heterocycles. The standard InChI is InChI=1S/C18H18O2/c1-11-4-8-14(9-5-11)16-10-15(19)17-12(2)6-7-13(3)18(17)20-16/h4-9,16H,10H2,1-3H3. The molecule has 0 saturated heterocycles. The third kappa shape index (κ3) is 2.11. The lowest BCUT2D eigenvalue weighted by Crippen LogP contribution is -2.22. The van der Waals surface area contributed by atoms with E-state index in [2.05, 4.69) is 19.1 Å². The van der Waals surface area contributed by atoms with E-state index in [0.717, 1.165) is 28.0 Å². The Morgan fingerprint density at radius 1 is 0.950 bits per heavy atom. The van der Waals surface area contributed by atoms with Crippen LogP contribution in [0.1, 0.15) is 45.1 Å². The summed E-state index contributed by atoms with van der Waals surface area (Å²) < 4.78 is 6.12. The van der Waals surface area contributed by atoms with Crippen molar-refractivity contribution in [2.24, 2.45) is 0 Å². The quantitative estimate of drug-likeness (QED) is 0.768. The SMILES string of the molecule is Cc1ccc(C2CC(=O)c3c(C)ccc(C)c3O2)cc1. The molecular weight excluding hydrogens is 248 g/mol. The van der Waals surface area contributed by atoms with Crippen molar-refractivity contribution in [1.29, 1.82) is 0 Å². The van der Waals surface area contributed by atoms with Gasteiger partial charge in [-0.25, -0.2) is 0 Å². The highest BCUT2D eigenvalue weighted by atomic mass is 16.5. The summed E-state index contributed by atoms with van der Waals surface area (Å²) in [4.78, 5) is 12.4. The molecule has 1 aliphatic heterocycles. The minimum absolute atomic E-state index is 0.170. The summed E-state index contributed by atoms with van der Waals surface area (Å²) in [6, 6.07) is 12.2. The van der Waals surface area contributed by atoms with Crippen molar-refractivity contribution >= 4 is 5.78 Å². The highest BCUT2D eigenvalue weighted by Crippen LogP contribution is 2.38. The lowest BCUT2D eigenvalue weighted by atomic mass is 9.91. The molecule has 2 nitrogen and oxygen atoms in total. The van der Waals surface area contributed by atoms with E-state index >= 15 is 0 Å². The van der Waals surface area contributed by atoms with Gasteiger partial charge in [0.1, 0.15) is 11.9 Å². The zero-order valence-corrected chi connectivity index (χ0v) is 12.1. The van der Waals surface area contributed by atoms with E-state index < -0.39 is 0 Å². The second-order valence-electron chi connectivity index (χ2n) is 5.55. The first-order valence-corrected chi connectivity index (χ1v) is 6.93. The van der Waals surface area contributed by atoms with Crippen molar-refractivity contribution in [2.45, 2.75) is 33.3 Å². The topological polar surface area (TPSA) is 26.3 Å². The Bertz CT molecular complexity index is 669. The molecule has 0 saturated carbocycles. The van der Waals surface area contributed by atoms with Crippen LogP contribution >= 0.6 is 0 Å². The first-order chi connectivity index (χ1) is 9.56. The van der Waals surface area contributed by atoms with Crippen LogP contribution in [0.15, 0.2) is 36.4 Å². The second kappa shape index (κ2) is 4.78. The second-order valence-corrected chi connectivity index (χ2v) is 5.55. The minimum Gasteiger partial charge on any atom is -0.484 e. The average molecular weight is 266 g/mol. The Hall–Kier alpha value is -2.09. The molecule has 2 aromatic carbocycles. The molecule has 0 aromatic heterocycles. The average Bonchev–Trinajstić information content (AvgIpc) is 2.43. The van der Waals surface area contributed by atoms with Crippen molar-refractivity contribution in [3.05, 3.63) is 64.2 Å². The van der Waals surface area contributed by atoms with Crippen LogP contribution in [-0.4, -0.2) is 5.78 Å². The molecule has 0 radical (unpaired) electrons. The largest absolute Gasteiger partial charge is 0.484 e. The number of rotatable bonds is 1. The third-order valence-corrected chi connectivity index (χ3v) is 3.92. The molecule has 0 fully saturated rings. The number of ether oxygens (including phenoxy) is 1. The van der Waals surface area contributed by atoms with Gasteiger partial charge in [0, 0.05) is 0 Å². The minimum atomic E-state index is -0.170. The van der Waals surface area contributed by atoms with E-state index in [1.54, 1.807) is 0 Å². The number of ketones is 1. The maximum atomic E-state index is 12.4. The van der Waals surface area contributed by atoms with Crippen LogP contribution in [-0.2, 0) is 0 Å². The fraction of sp³-hybridized carbons (Fsp3) is 0.278. The molecule has 0 aliphatic carbocycles. The third-order valence-electron chi connectivity index (χ3n) is 3.92. The van der Waals surface area contributed by atoms with Gasteiger partial charge in [-0.1, -0.05) is 42.0 Å². The highest BCUT2D eigenvalue weighted by Gasteiger charge is 2.29. The van der Waals surface area contributed by atoms with Crippen molar-refractivity contribution < 1.29 is 9.53 Å². The van der Waals surface area contributed by atoms with Crippen LogP contribution in [0.4, 0.5) is 0 Å². The molecule has 1 unspecified atom stereocenters. The first kappa shape index (κ1) is 12.9. The van der Waals surface area contributed by atoms with Gasteiger partial charge in [-0.2, -0.15) is 0 Å². The van der Waals surface area contributed by atoms with Crippen LogP contribution in [0, 0.1) is 20.8 Å². The fourth-order valence-electron chi connectivity index (χ4n) is 2.71. The van der Waals surface area contributed by atoms with Gasteiger partial charge < -0.3 is 4.74 Å². The number of aryl methyl sites for hydroxylation is 3. The van der Waals surface area contributed by atoms with Crippen molar-refractivity contribution in [3.63, 3.8) is 0 Å². The Balaban J connectivity index is 2.02. The van der Waals surface area contributed by atoms with E-state index in [0.29, 0.717) is 6.42 Å². The predicted octanol–water partition coefficient (Wildman–Crippen LogP) is 4.32. The van der Waals surface area contributed by atoms with Gasteiger partial charge in [0.05, 0.1) is 12.0 Å². The summed E-state index contributed by atoms with van der Waals surface area (Å²) in [6.45, 7) is 6.01. The van der Waals surface area contributed by atoms with Crippen LogP contribution < -0.4 is 4.74 Å². The molecule has 20 heavy (non-hydrogen) atoms. The van der Waals surface area contributed by atoms with E-state index in [9.17, 15) is 4.79 Å². The number of fused-ring (bicyclic) bond motifs is 1. The van der Waals surface area contributed by atoms with E-state index in [1.165, 1.54) is 5.56 Å². The lowest BCUT2D eigenvalue weighted by molar-refractivity contribution is 0.0847. The van der Waals surface area contributed by atoms with Gasteiger partial charge in [-0.05, 0) is 37.5 Å². The number of Topliss-reactive ketones (excluding diaryl/α,β-unsaturated/α-hetero) is 1. The van der Waals surface area contributed by atoms with Crippen molar-refractivity contribution in [1.82, 2.24) is 0 Å². The Kier molecular flexibility index (Phi) is 3.09. The van der Waals surface area contributed by atoms with E-state index in [-0.39, 0.29) is 11.9 Å². The maximum Gasteiger partial charge on any atom is 0.170 e. The van der Waals surface area contributed by atoms with Crippen molar-refractivity contribution in [3.8, 4) is 5.75 Å². The Labute approximate surface area is 119 Å². The molecule has 0 amide bonds. The van der Waals surface area contributed by atoms with E-state index in [4.69, 9.17) is 4.74 Å². The summed E-state index contributed by atoms with van der Waals surface area (Å²) in [5.74, 6) is 0.935. The van der Waals surface area contributed by atoms with Crippen molar-refractivity contribution in [2.75, 3.05) is 0 Å². The van der Waals surface area contributed by atoms with Crippen LogP contribution in [0.2, 0.25) is 0 Å². The molecule has 0 spiro atoms. The zero-order chi connectivity index (χ0) is 14.3. The number of carbonyl (C=O) groups excluding carboxylic acids is 1. The van der Waals surface area contributed by atoms with Gasteiger partial charge in [0.15, 0.2) is 5.78 Å². The molecule has 1 atom stereocenters. The van der Waals surface area contributed by atoms with Gasteiger partial charge in [-0.3, -0.25) is 4.79 Å². The number of hydrogen-bond acceptors (Lipinski definition) is 2. The van der Waals surface area contributed by atoms with Gasteiger partial charge in [0.25, 0.3) is 0 Å². The molecule has 3 rings (SSSR count). The van der Waals surface area contributed by atoms with Gasteiger partial charge >= 0.3 is 0 Å². The van der Waals surface area contributed by atoms with Gasteiger partial charge in [-0.15, -0.1) is 0 Å². The fourth-order valence-corrected chi connectivity index (χ4v) is 2.71. The zero-order valence-electron chi connectivity index (χ0n) is 12.1. The Morgan fingerprint density at radius 2 is 1.60 bits per heavy atom. The lowest BCUT2D eigenvalue weighted by Gasteiger charge is -2.28. The number of carbonyl (C=O) groups is 1. The van der Waals surface area contributed by atoms with Crippen LogP contribution in [0.5, 0.6) is 5.75 Å². The highest BCUT2D eigenvalue weighted by molar-refractivity contribution is 6.01. The molecule has 2 aromatic rings. The number of benzene rings is 2.